The van der Waals surface area contributed by atoms with Crippen molar-refractivity contribution < 1.29 is 37.3 Å². The van der Waals surface area contributed by atoms with E-state index in [-0.39, 0.29) is 31.5 Å². The van der Waals surface area contributed by atoms with E-state index < -0.39 is 20.0 Å². The Kier molecular flexibility index (Phi) is 65.5. The molecule has 0 spiro atoms. The van der Waals surface area contributed by atoms with Crippen LogP contribution in [0.25, 0.3) is 0 Å². The number of esters is 1. The van der Waals surface area contributed by atoms with Gasteiger partial charge in [0.05, 0.1) is 33.8 Å². The molecule has 0 radical (unpaired) electrons. The van der Waals surface area contributed by atoms with Crippen LogP contribution in [0.1, 0.15) is 342 Å². The smallest absolute Gasteiger partial charge is 0.456 e. The molecule has 0 aliphatic heterocycles. The van der Waals surface area contributed by atoms with Gasteiger partial charge in [-0.2, -0.15) is 0 Å². The van der Waals surface area contributed by atoms with E-state index >= 15 is 0 Å². The van der Waals surface area contributed by atoms with Gasteiger partial charge in [-0.05, 0) is 109 Å². The number of nitrogens with one attached hydrogen (secondary N) is 1. The Morgan fingerprint density at radius 2 is 0.719 bits per heavy atom. The first-order valence-electron chi connectivity index (χ1n) is 37.6. The molecule has 89 heavy (non-hydrogen) atoms. The largest absolute Gasteiger partial charge is 0.472 e. The summed E-state index contributed by atoms with van der Waals surface area (Å²) >= 11 is 0. The van der Waals surface area contributed by atoms with Crippen LogP contribution >= 0.6 is 7.82 Å². The zero-order valence-corrected chi connectivity index (χ0v) is 60.1. The lowest BCUT2D eigenvalue weighted by Crippen LogP contribution is -2.47. The molecule has 0 aliphatic rings. The van der Waals surface area contributed by atoms with Gasteiger partial charge in [0.15, 0.2) is 0 Å². The molecule has 0 aliphatic carbocycles. The number of phosphoric ester groups is 1. The molecule has 0 fully saturated rings. The molecule has 0 saturated heterocycles. The van der Waals surface area contributed by atoms with Crippen LogP contribution < -0.4 is 5.32 Å². The van der Waals surface area contributed by atoms with Gasteiger partial charge in [-0.1, -0.05) is 317 Å². The van der Waals surface area contributed by atoms with Crippen molar-refractivity contribution in [1.29, 1.82) is 0 Å². The first-order chi connectivity index (χ1) is 43.4. The van der Waals surface area contributed by atoms with E-state index in [4.69, 9.17) is 13.8 Å². The summed E-state index contributed by atoms with van der Waals surface area (Å²) in [4.78, 5) is 37.9. The number of allylic oxidation sites excluding steroid dienone is 15. The van der Waals surface area contributed by atoms with Crippen LogP contribution in [-0.2, 0) is 27.9 Å². The fraction of sp³-hybridized carbons (Fsp3) is 0.772. The molecule has 9 nitrogen and oxygen atoms in total. The fourth-order valence-electron chi connectivity index (χ4n) is 10.8. The van der Waals surface area contributed by atoms with Crippen molar-refractivity contribution in [2.45, 2.75) is 354 Å². The number of nitrogens with zero attached hydrogens (tertiary/aromatic N) is 1. The first kappa shape index (κ1) is 85.9. The van der Waals surface area contributed by atoms with Crippen LogP contribution in [0.4, 0.5) is 0 Å². The Morgan fingerprint density at radius 1 is 0.404 bits per heavy atom. The van der Waals surface area contributed by atoms with Crippen molar-refractivity contribution in [3.8, 4) is 0 Å². The Morgan fingerprint density at radius 3 is 1.09 bits per heavy atom. The summed E-state index contributed by atoms with van der Waals surface area (Å²) < 4.78 is 30.9. The number of likely N-dealkylation sites (N-methyl/N-ethyl adjacent to an activating group) is 1. The lowest BCUT2D eigenvalue weighted by molar-refractivity contribution is -0.870. The molecular weight excluding hydrogens is 1120 g/mol. The number of amides is 1. The van der Waals surface area contributed by atoms with Gasteiger partial charge in [-0.15, -0.1) is 0 Å². The molecule has 0 saturated carbocycles. The molecule has 3 unspecified atom stereocenters. The Balaban J connectivity index is 4.97. The number of hydrogen-bond acceptors (Lipinski definition) is 6. The van der Waals surface area contributed by atoms with E-state index in [0.717, 1.165) is 109 Å². The van der Waals surface area contributed by atoms with Crippen LogP contribution in [0.3, 0.4) is 0 Å². The van der Waals surface area contributed by atoms with E-state index in [9.17, 15) is 19.0 Å². The highest BCUT2D eigenvalue weighted by Crippen LogP contribution is 2.43. The standard InChI is InChI=1S/C79H143N2O7P/c1-7-10-13-16-19-22-25-27-29-31-33-35-37-39-40-42-43-45-47-49-51-53-56-59-62-65-68-71-78(82)80-76(75-87-89(84,85)86-74-73-81(4,5)6)77(70-67-64-61-58-55-24-21-18-15-12-9-3)88-79(83)72-69-66-63-60-57-54-52-50-48-46-44-41-38-36-34-32-30-28-26-23-20-17-14-11-8-2/h10,13,19,22,27-30,33,35,39-40,43,45,67,70,76-77H,7-9,11-12,14-18,20-21,23-26,31-32,34,36-38,41-42,44,46-66,68-69,71-75H2,1-6H3,(H-,80,82,84,85)/p+1/b13-10-,22-19-,29-27-,30-28+,35-33-,40-39-,45-43-,70-67+. The quantitative estimate of drug-likeness (QED) is 0.0205. The summed E-state index contributed by atoms with van der Waals surface area (Å²) in [6.07, 6.45) is 92.9. The highest BCUT2D eigenvalue weighted by molar-refractivity contribution is 7.47. The third kappa shape index (κ3) is 69.1. The van der Waals surface area contributed by atoms with E-state index in [1.165, 1.54) is 199 Å². The topological polar surface area (TPSA) is 111 Å². The van der Waals surface area contributed by atoms with Crippen molar-refractivity contribution in [2.75, 3.05) is 40.9 Å². The van der Waals surface area contributed by atoms with Crippen LogP contribution in [-0.4, -0.2) is 74.3 Å². The number of rotatable bonds is 68. The molecule has 1 amide bonds. The minimum absolute atomic E-state index is 0.0357. The second-order valence-electron chi connectivity index (χ2n) is 26.4. The minimum atomic E-state index is -4.46. The Bertz CT molecular complexity index is 1840. The first-order valence-corrected chi connectivity index (χ1v) is 39.1. The van der Waals surface area contributed by atoms with Crippen molar-refractivity contribution in [2.24, 2.45) is 0 Å². The molecule has 516 valence electrons. The predicted octanol–water partition coefficient (Wildman–Crippen LogP) is 24.2. The lowest BCUT2D eigenvalue weighted by Gasteiger charge is -2.27. The van der Waals surface area contributed by atoms with Gasteiger partial charge >= 0.3 is 13.8 Å². The summed E-state index contributed by atoms with van der Waals surface area (Å²) in [5, 5.41) is 3.07. The number of carbonyl (C=O) groups excluding carboxylic acids is 2. The summed E-state index contributed by atoms with van der Waals surface area (Å²) in [5.41, 5.74) is 0. The maximum Gasteiger partial charge on any atom is 0.472 e. The summed E-state index contributed by atoms with van der Waals surface area (Å²) in [6.45, 7) is 6.92. The normalized spacial score (nSPS) is 14.0. The van der Waals surface area contributed by atoms with Gasteiger partial charge in [0, 0.05) is 12.8 Å². The number of quaternary nitrogens is 1. The van der Waals surface area contributed by atoms with Gasteiger partial charge < -0.3 is 19.4 Å². The van der Waals surface area contributed by atoms with Crippen LogP contribution in [0.5, 0.6) is 0 Å². The van der Waals surface area contributed by atoms with Gasteiger partial charge in [-0.3, -0.25) is 18.6 Å². The maximum absolute atomic E-state index is 13.6. The SMILES string of the molecule is CC/C=C\C/C=C\C/C=C\C/C=C\C/C=C\C/C=C\CCCCCCCCCCC(=O)NC(COP(=O)(O)OCC[N+](C)(C)C)C(/C=C/CCCCCCCCCCC)OC(=O)CCCCCCCCCCCCCCCCC/C=C/CCCCCCCC. The monoisotopic (exact) mass is 1260 g/mol. The number of unbranched alkanes of at least 4 members (excludes halogenated alkanes) is 38. The van der Waals surface area contributed by atoms with E-state index in [1.54, 1.807) is 0 Å². The van der Waals surface area contributed by atoms with Crippen molar-refractivity contribution in [1.82, 2.24) is 5.32 Å². The maximum atomic E-state index is 13.6. The molecule has 0 aromatic carbocycles. The molecule has 0 aromatic rings. The highest BCUT2D eigenvalue weighted by Gasteiger charge is 2.30. The molecule has 2 N–H and O–H groups in total. The molecule has 3 atom stereocenters. The third-order valence-electron chi connectivity index (χ3n) is 16.5. The number of carbonyl (C=O) groups is 2. The second-order valence-corrected chi connectivity index (χ2v) is 27.9. The van der Waals surface area contributed by atoms with E-state index in [2.05, 4.69) is 111 Å². The average Bonchev–Trinajstić information content (AvgIpc) is 3.70. The predicted molar refractivity (Wildman–Crippen MR) is 387 cm³/mol. The molecule has 0 aromatic heterocycles. The number of phosphoric acid groups is 1. The zero-order chi connectivity index (χ0) is 64.9. The third-order valence-corrected chi connectivity index (χ3v) is 17.5. The van der Waals surface area contributed by atoms with Crippen molar-refractivity contribution in [3.63, 3.8) is 0 Å². The van der Waals surface area contributed by atoms with Crippen LogP contribution in [0.15, 0.2) is 97.2 Å². The summed E-state index contributed by atoms with van der Waals surface area (Å²) in [5.74, 6) is -0.508. The van der Waals surface area contributed by atoms with Crippen LogP contribution in [0.2, 0.25) is 0 Å². The van der Waals surface area contributed by atoms with E-state index in [0.29, 0.717) is 17.4 Å². The fourth-order valence-corrected chi connectivity index (χ4v) is 11.5. The zero-order valence-electron chi connectivity index (χ0n) is 59.2. The lowest BCUT2D eigenvalue weighted by atomic mass is 10.0. The van der Waals surface area contributed by atoms with Gasteiger partial charge in [0.2, 0.25) is 5.91 Å². The van der Waals surface area contributed by atoms with Crippen molar-refractivity contribution >= 4 is 19.7 Å². The molecule has 10 heteroatoms. The molecule has 0 heterocycles. The number of ether oxygens (including phenoxy) is 1. The second kappa shape index (κ2) is 67.8. The molecule has 0 bridgehead atoms. The Labute approximate surface area is 551 Å². The van der Waals surface area contributed by atoms with Gasteiger partial charge in [0.1, 0.15) is 19.3 Å². The van der Waals surface area contributed by atoms with Gasteiger partial charge in [0.25, 0.3) is 0 Å². The van der Waals surface area contributed by atoms with E-state index in [1.807, 2.05) is 33.3 Å². The molecular formula is C79H144N2O7P+. The van der Waals surface area contributed by atoms with Crippen molar-refractivity contribution in [3.05, 3.63) is 97.2 Å². The van der Waals surface area contributed by atoms with Gasteiger partial charge in [-0.25, -0.2) is 4.57 Å². The minimum Gasteiger partial charge on any atom is -0.456 e. The molecule has 0 rings (SSSR count). The summed E-state index contributed by atoms with van der Waals surface area (Å²) in [6, 6.07) is -0.858. The number of hydrogen-bond donors (Lipinski definition) is 2. The highest BCUT2D eigenvalue weighted by atomic mass is 31.2. The summed E-state index contributed by atoms with van der Waals surface area (Å²) in [7, 11) is 1.49. The average molecular weight is 1270 g/mol. The Hall–Kier alpha value is -3.07. The van der Waals surface area contributed by atoms with Crippen LogP contribution in [0, 0.1) is 0 Å².